The van der Waals surface area contributed by atoms with Gasteiger partial charge < -0.3 is 44.2 Å². The molecule has 400 valence electrons. The predicted molar refractivity (Wildman–Crippen MR) is 274 cm³/mol. The molecule has 2 N–H and O–H groups in total. The number of benzene rings is 5. The zero-order valence-electron chi connectivity index (χ0n) is 43.5. The van der Waals surface area contributed by atoms with Crippen LogP contribution >= 0.6 is 23.6 Å². The van der Waals surface area contributed by atoms with Gasteiger partial charge in [0, 0.05) is 18.9 Å². The zero-order valence-corrected chi connectivity index (χ0v) is 49.9. The number of unbranched alkanes of at least 4 members (excludes halogenated alkanes) is 9. The van der Waals surface area contributed by atoms with Gasteiger partial charge in [0.1, 0.15) is 33.1 Å². The number of ketones is 2. The number of methoxy groups -OCH3 is 1. The van der Waals surface area contributed by atoms with E-state index in [0.717, 1.165) is 38.3 Å². The molecule has 0 heterocycles. The number of amides is 2. The Labute approximate surface area is 499 Å². The fourth-order valence-electron chi connectivity index (χ4n) is 7.38. The largest absolute Gasteiger partial charge is 1.00 e. The smallest absolute Gasteiger partial charge is 0.744 e. The Kier molecular flexibility index (Phi) is 29.0. The first-order valence-corrected chi connectivity index (χ1v) is 26.3. The molecule has 77 heavy (non-hydrogen) atoms. The molecule has 5 aromatic carbocycles. The van der Waals surface area contributed by atoms with Gasteiger partial charge >= 0.3 is 71.1 Å². The SMILES string of the molecule is CCCCCCCCCCCCOC(=O)c1ccc(Cl)c(NC(=O)C(Oc2ccc(N=Nc3c(SOO[O-])cc4cc(S(=O)(=O)[O-])cc(NC(C)=O)c4c3OC(=O)CCC(C)=O)cc2)C(=O)c2ccc(OC)cc2)c1.[Na+].[Na+]. The topological polar surface area (TPSA) is 287 Å². The Morgan fingerprint density at radius 1 is 0.740 bits per heavy atom. The van der Waals surface area contributed by atoms with E-state index in [1.165, 1.54) is 125 Å². The summed E-state index contributed by atoms with van der Waals surface area (Å²) in [7, 11) is -3.69. The van der Waals surface area contributed by atoms with Crippen molar-refractivity contribution in [3.05, 3.63) is 101 Å². The summed E-state index contributed by atoms with van der Waals surface area (Å²) >= 11 is 6.73. The Bertz CT molecular complexity index is 2990. The van der Waals surface area contributed by atoms with Crippen molar-refractivity contribution in [3.8, 4) is 17.2 Å². The molecule has 0 spiro atoms. The number of carbonyl (C=O) groups excluding carboxylic acids is 6. The van der Waals surface area contributed by atoms with Crippen LogP contribution in [0.4, 0.5) is 22.7 Å². The standard InChI is InChI=1S/C52H57ClN4O16S2.2Na/c1-5-6-7-8-9-10-11-12-13-14-27-69-52(63)35-18-25-41(53)42(29-35)55-51(62)50(48(61)34-16-21-38(68-4)22-17-34)70-39-23-19-37(20-24-39)56-57-47-44(74-73-72-64)30-36-28-40(75(65,66)67)31-43(54-33(3)59)46(36)49(47)71-45(60)26-15-32(2)58;;/h16-25,28-31,50,64H,5-15,26-27H2,1-4H3,(H,54,59)(H,55,62)(H,65,66,67);;/q;2*+1/p-2. The van der Waals surface area contributed by atoms with E-state index in [1.807, 2.05) is 0 Å². The van der Waals surface area contributed by atoms with Crippen LogP contribution in [-0.4, -0.2) is 68.1 Å². The summed E-state index contributed by atoms with van der Waals surface area (Å²) in [6.45, 7) is 4.75. The number of carbonyl (C=O) groups is 6. The molecule has 1 atom stereocenters. The van der Waals surface area contributed by atoms with Gasteiger partial charge in [-0.2, -0.15) is 9.45 Å². The minimum absolute atomic E-state index is 0. The van der Waals surface area contributed by atoms with E-state index in [2.05, 4.69) is 37.2 Å². The summed E-state index contributed by atoms with van der Waals surface area (Å²) in [4.78, 5) is 77.5. The maximum atomic E-state index is 14.1. The van der Waals surface area contributed by atoms with Crippen molar-refractivity contribution in [3.63, 3.8) is 0 Å². The van der Waals surface area contributed by atoms with Crippen LogP contribution in [0.5, 0.6) is 17.2 Å². The van der Waals surface area contributed by atoms with Crippen LogP contribution in [0.3, 0.4) is 0 Å². The van der Waals surface area contributed by atoms with Crippen LogP contribution < -0.4 is 89.2 Å². The fourth-order valence-corrected chi connectivity index (χ4v) is 8.57. The van der Waals surface area contributed by atoms with Crippen LogP contribution in [-0.2, 0) is 43.4 Å². The number of hydrogen-bond donors (Lipinski definition) is 2. The second kappa shape index (κ2) is 33.6. The van der Waals surface area contributed by atoms with E-state index in [1.54, 1.807) is 0 Å². The van der Waals surface area contributed by atoms with Gasteiger partial charge in [-0.15, -0.1) is 5.11 Å². The van der Waals surface area contributed by atoms with E-state index < -0.39 is 62.8 Å². The van der Waals surface area contributed by atoms with Crippen molar-refractivity contribution in [1.82, 2.24) is 0 Å². The molecule has 5 rings (SSSR count). The molecule has 0 aliphatic carbocycles. The first-order valence-electron chi connectivity index (χ1n) is 23.8. The van der Waals surface area contributed by atoms with Gasteiger partial charge in [-0.3, -0.25) is 24.2 Å². The number of fused-ring (bicyclic) bond motifs is 1. The molecule has 0 aliphatic heterocycles. The molecule has 0 saturated heterocycles. The first-order chi connectivity index (χ1) is 35.9. The van der Waals surface area contributed by atoms with Crippen LogP contribution in [0, 0.1) is 0 Å². The summed E-state index contributed by atoms with van der Waals surface area (Å²) < 4.78 is 63.5. The molecule has 0 saturated carbocycles. The van der Waals surface area contributed by atoms with Gasteiger partial charge in [0.05, 0.1) is 75.0 Å². The average molecular weight is 1140 g/mol. The molecular formula is C52H55ClN4Na2O16S2. The Hall–Kier alpha value is -4.79. The zero-order chi connectivity index (χ0) is 54.5. The van der Waals surface area contributed by atoms with E-state index in [0.29, 0.717) is 12.2 Å². The maximum absolute atomic E-state index is 14.1. The van der Waals surface area contributed by atoms with Gasteiger partial charge in [-0.05, 0) is 104 Å². The molecule has 0 bridgehead atoms. The normalized spacial score (nSPS) is 11.5. The Morgan fingerprint density at radius 3 is 1.96 bits per heavy atom. The van der Waals surface area contributed by atoms with Gasteiger partial charge in [-0.1, -0.05) is 76.3 Å². The molecule has 20 nitrogen and oxygen atoms in total. The minimum Gasteiger partial charge on any atom is -0.744 e. The number of anilines is 2. The number of nitrogens with one attached hydrogen (secondary N) is 2. The number of Topliss-reactive ketones (excluding diaryl/α,β-unsaturated/α-hetero) is 2. The first kappa shape index (κ1) is 66.5. The van der Waals surface area contributed by atoms with Crippen LogP contribution in [0.15, 0.2) is 105 Å². The third-order valence-corrected chi connectivity index (χ3v) is 12.9. The van der Waals surface area contributed by atoms with E-state index in [-0.39, 0.29) is 150 Å². The predicted octanol–water partition coefficient (Wildman–Crippen LogP) is 4.64. The van der Waals surface area contributed by atoms with Crippen LogP contribution in [0.1, 0.15) is 119 Å². The van der Waals surface area contributed by atoms with Crippen molar-refractivity contribution >= 4 is 103 Å². The number of esters is 2. The second-order valence-electron chi connectivity index (χ2n) is 16.9. The molecule has 0 aromatic heterocycles. The van der Waals surface area contributed by atoms with E-state index in [4.69, 9.17) is 30.5 Å². The van der Waals surface area contributed by atoms with Crippen LogP contribution in [0.25, 0.3) is 10.8 Å². The molecule has 0 radical (unpaired) electrons. The monoisotopic (exact) mass is 1140 g/mol. The van der Waals surface area contributed by atoms with E-state index in [9.17, 15) is 47.0 Å². The maximum Gasteiger partial charge on any atom is 1.00 e. The summed E-state index contributed by atoms with van der Waals surface area (Å²) in [5.41, 5.74) is -0.357. The van der Waals surface area contributed by atoms with Gasteiger partial charge in [0.2, 0.25) is 17.8 Å². The minimum atomic E-state index is -5.14. The summed E-state index contributed by atoms with van der Waals surface area (Å²) in [6, 6.07) is 18.5. The molecule has 2 amide bonds. The van der Waals surface area contributed by atoms with Crippen molar-refractivity contribution in [2.45, 2.75) is 114 Å². The number of azo groups is 1. The second-order valence-corrected chi connectivity index (χ2v) is 19.5. The summed E-state index contributed by atoms with van der Waals surface area (Å²) in [5, 5.41) is 27.8. The number of hydrogen-bond acceptors (Lipinski definition) is 19. The molecule has 1 unspecified atom stereocenters. The number of halogens is 1. The average Bonchev–Trinajstić information content (AvgIpc) is 3.38. The quantitative estimate of drug-likeness (QED) is 0.00541. The number of rotatable bonds is 30. The van der Waals surface area contributed by atoms with Crippen molar-refractivity contribution in [2.75, 3.05) is 24.4 Å². The van der Waals surface area contributed by atoms with Gasteiger partial charge in [0.25, 0.3) is 5.91 Å². The van der Waals surface area contributed by atoms with Gasteiger partial charge in [0.15, 0.2) is 5.75 Å². The fraction of sp³-hybridized carbons (Fsp3) is 0.346. The molecule has 0 aliphatic rings. The Morgan fingerprint density at radius 2 is 1.36 bits per heavy atom. The number of nitrogens with zero attached hydrogens (tertiary/aromatic N) is 2. The molecule has 25 heteroatoms. The molecular weight excluding hydrogens is 1080 g/mol. The molecule has 5 aromatic rings. The van der Waals surface area contributed by atoms with Crippen LogP contribution in [0.2, 0.25) is 5.02 Å². The Balaban J connectivity index is 0.00000780. The van der Waals surface area contributed by atoms with Crippen molar-refractivity contribution in [1.29, 1.82) is 0 Å². The van der Waals surface area contributed by atoms with E-state index >= 15 is 0 Å². The number of ether oxygens (including phenoxy) is 4. The van der Waals surface area contributed by atoms with Gasteiger partial charge in [-0.25, -0.2) is 13.2 Å². The third kappa shape index (κ3) is 21.1. The third-order valence-electron chi connectivity index (χ3n) is 11.2. The molecule has 0 fully saturated rings. The summed E-state index contributed by atoms with van der Waals surface area (Å²) in [6.07, 6.45) is 8.69. The summed E-state index contributed by atoms with van der Waals surface area (Å²) in [5.74, 6) is -4.41. The van der Waals surface area contributed by atoms with Crippen molar-refractivity contribution < 1.29 is 134 Å². The van der Waals surface area contributed by atoms with Crippen molar-refractivity contribution in [2.24, 2.45) is 10.2 Å².